The fraction of sp³-hybridized carbons (Fsp3) is 0.208. The minimum atomic E-state index is 0.186. The second-order valence-electron chi connectivity index (χ2n) is 8.05. The third kappa shape index (κ3) is 4.23. The Kier molecular flexibility index (Phi) is 5.17. The average molecular weight is 405 g/mol. The third-order valence-electron chi connectivity index (χ3n) is 4.68. The van der Waals surface area contributed by atoms with Crippen LogP contribution in [0.4, 0.5) is 5.69 Å². The number of hydrogen-bond acceptors (Lipinski definition) is 4. The van der Waals surface area contributed by atoms with Gasteiger partial charge in [0.15, 0.2) is 0 Å². The van der Waals surface area contributed by atoms with Gasteiger partial charge in [-0.05, 0) is 83.9 Å². The molecule has 0 bridgehead atoms. The number of hydrogen-bond donors (Lipinski definition) is 1. The van der Waals surface area contributed by atoms with E-state index in [9.17, 15) is 0 Å². The first kappa shape index (κ1) is 19.0. The van der Waals surface area contributed by atoms with Gasteiger partial charge in [-0.25, -0.2) is 4.98 Å². The fourth-order valence-electron chi connectivity index (χ4n) is 2.98. The Hall–Kier alpha value is -2.30. The number of nitrogens with zero attached hydrogens (tertiary/aromatic N) is 1. The molecule has 0 atom stereocenters. The van der Waals surface area contributed by atoms with Gasteiger partial charge in [0.2, 0.25) is 0 Å². The Balaban J connectivity index is 1.44. The Morgan fingerprint density at radius 3 is 2.29 bits per heavy atom. The standard InChI is InChI=1S/C24H24N2S2/c1-16-5-14-21-22(15-16)27-23(25-21)17-6-10-19(11-7-17)26-28-20-12-8-18(9-13-20)24(2,3)4/h5-15,26H,1-4H3. The van der Waals surface area contributed by atoms with Crippen LogP contribution in [0.1, 0.15) is 31.9 Å². The maximum absolute atomic E-state index is 4.77. The Morgan fingerprint density at radius 2 is 1.61 bits per heavy atom. The first-order chi connectivity index (χ1) is 13.4. The van der Waals surface area contributed by atoms with E-state index in [0.29, 0.717) is 0 Å². The zero-order chi connectivity index (χ0) is 19.7. The molecule has 4 rings (SSSR count). The lowest BCUT2D eigenvalue weighted by atomic mass is 9.87. The molecular formula is C24H24N2S2. The molecule has 0 radical (unpaired) electrons. The van der Waals surface area contributed by atoms with Crippen molar-refractivity contribution in [2.45, 2.75) is 38.0 Å². The van der Waals surface area contributed by atoms with Crippen molar-refractivity contribution >= 4 is 39.2 Å². The van der Waals surface area contributed by atoms with Crippen molar-refractivity contribution < 1.29 is 0 Å². The lowest BCUT2D eigenvalue weighted by molar-refractivity contribution is 0.590. The number of aromatic nitrogens is 1. The van der Waals surface area contributed by atoms with E-state index < -0.39 is 0 Å². The first-order valence-electron chi connectivity index (χ1n) is 9.39. The minimum Gasteiger partial charge on any atom is -0.326 e. The fourth-order valence-corrected chi connectivity index (χ4v) is 4.69. The molecule has 4 heteroatoms. The smallest absolute Gasteiger partial charge is 0.124 e. The zero-order valence-electron chi connectivity index (χ0n) is 16.6. The summed E-state index contributed by atoms with van der Waals surface area (Å²) in [6.45, 7) is 8.83. The van der Waals surface area contributed by atoms with Crippen molar-refractivity contribution in [1.82, 2.24) is 4.98 Å². The summed E-state index contributed by atoms with van der Waals surface area (Å²) in [5.41, 5.74) is 6.13. The summed E-state index contributed by atoms with van der Waals surface area (Å²) < 4.78 is 4.67. The lowest BCUT2D eigenvalue weighted by Crippen LogP contribution is -2.10. The first-order valence-corrected chi connectivity index (χ1v) is 11.0. The number of rotatable bonds is 4. The second-order valence-corrected chi connectivity index (χ2v) is 9.96. The number of nitrogens with one attached hydrogen (secondary N) is 1. The van der Waals surface area contributed by atoms with E-state index >= 15 is 0 Å². The molecule has 0 fully saturated rings. The van der Waals surface area contributed by atoms with Crippen molar-refractivity contribution in [1.29, 1.82) is 0 Å². The largest absolute Gasteiger partial charge is 0.326 e. The molecule has 0 aliphatic carbocycles. The van der Waals surface area contributed by atoms with Crippen molar-refractivity contribution in [3.05, 3.63) is 77.9 Å². The van der Waals surface area contributed by atoms with Crippen LogP contribution in [0.2, 0.25) is 0 Å². The van der Waals surface area contributed by atoms with Crippen LogP contribution in [0, 0.1) is 6.92 Å². The predicted octanol–water partition coefficient (Wildman–Crippen LogP) is 7.69. The van der Waals surface area contributed by atoms with Gasteiger partial charge in [-0.3, -0.25) is 0 Å². The maximum Gasteiger partial charge on any atom is 0.124 e. The second kappa shape index (κ2) is 7.61. The predicted molar refractivity (Wildman–Crippen MR) is 124 cm³/mol. The van der Waals surface area contributed by atoms with Gasteiger partial charge in [-0.1, -0.05) is 39.0 Å². The van der Waals surface area contributed by atoms with Crippen LogP contribution in [0.5, 0.6) is 0 Å². The SMILES string of the molecule is Cc1ccc2nc(-c3ccc(NSc4ccc(C(C)(C)C)cc4)cc3)sc2c1. The van der Waals surface area contributed by atoms with Gasteiger partial charge in [-0.2, -0.15) is 0 Å². The number of benzene rings is 3. The summed E-state index contributed by atoms with van der Waals surface area (Å²) in [6, 6.07) is 23.7. The van der Waals surface area contributed by atoms with Crippen LogP contribution in [0.15, 0.2) is 71.6 Å². The number of fused-ring (bicyclic) bond motifs is 1. The van der Waals surface area contributed by atoms with Crippen molar-refractivity contribution in [3.8, 4) is 10.6 Å². The monoisotopic (exact) mass is 404 g/mol. The Labute approximate surface area is 175 Å². The van der Waals surface area contributed by atoms with Gasteiger partial charge in [0, 0.05) is 16.1 Å². The van der Waals surface area contributed by atoms with E-state index in [1.807, 2.05) is 0 Å². The molecule has 1 N–H and O–H groups in total. The molecule has 1 aromatic heterocycles. The normalized spacial score (nSPS) is 11.7. The maximum atomic E-state index is 4.77. The lowest BCUT2D eigenvalue weighted by Gasteiger charge is -2.19. The molecule has 0 saturated carbocycles. The molecule has 142 valence electrons. The van der Waals surface area contributed by atoms with Crippen LogP contribution in [0.3, 0.4) is 0 Å². The molecule has 0 unspecified atom stereocenters. The Bertz CT molecular complexity index is 1090. The van der Waals surface area contributed by atoms with E-state index in [-0.39, 0.29) is 5.41 Å². The van der Waals surface area contributed by atoms with Crippen LogP contribution in [0.25, 0.3) is 20.8 Å². The third-order valence-corrected chi connectivity index (χ3v) is 6.60. The molecule has 28 heavy (non-hydrogen) atoms. The van der Waals surface area contributed by atoms with Crippen molar-refractivity contribution in [3.63, 3.8) is 0 Å². The van der Waals surface area contributed by atoms with E-state index in [4.69, 9.17) is 4.98 Å². The summed E-state index contributed by atoms with van der Waals surface area (Å²) in [5.74, 6) is 0. The molecule has 2 nitrogen and oxygen atoms in total. The average Bonchev–Trinajstić information content (AvgIpc) is 3.09. The van der Waals surface area contributed by atoms with E-state index in [1.54, 1.807) is 23.3 Å². The molecule has 4 aromatic rings. The number of thiazole rings is 1. The topological polar surface area (TPSA) is 24.9 Å². The van der Waals surface area contributed by atoms with Crippen LogP contribution >= 0.6 is 23.3 Å². The number of aryl methyl sites for hydroxylation is 1. The van der Waals surface area contributed by atoms with Gasteiger partial charge < -0.3 is 4.72 Å². The van der Waals surface area contributed by atoms with Crippen molar-refractivity contribution in [2.24, 2.45) is 0 Å². The Morgan fingerprint density at radius 1 is 0.893 bits per heavy atom. The van der Waals surface area contributed by atoms with Gasteiger partial charge in [0.05, 0.1) is 10.2 Å². The van der Waals surface area contributed by atoms with Crippen LogP contribution in [-0.4, -0.2) is 4.98 Å². The van der Waals surface area contributed by atoms with Crippen molar-refractivity contribution in [2.75, 3.05) is 4.72 Å². The summed E-state index contributed by atoms with van der Waals surface area (Å²) in [5, 5.41) is 1.07. The van der Waals surface area contributed by atoms with Crippen LogP contribution < -0.4 is 4.72 Å². The highest BCUT2D eigenvalue weighted by atomic mass is 32.2. The minimum absolute atomic E-state index is 0.186. The summed E-state index contributed by atoms with van der Waals surface area (Å²) in [6.07, 6.45) is 0. The molecule has 0 aliphatic heterocycles. The quantitative estimate of drug-likeness (QED) is 0.353. The molecular weight excluding hydrogens is 380 g/mol. The molecule has 0 saturated heterocycles. The van der Waals surface area contributed by atoms with Gasteiger partial charge >= 0.3 is 0 Å². The molecule has 3 aromatic carbocycles. The molecule has 0 aliphatic rings. The number of anilines is 1. The molecule has 0 spiro atoms. The van der Waals surface area contributed by atoms with E-state index in [0.717, 1.165) is 21.8 Å². The van der Waals surface area contributed by atoms with Gasteiger partial charge in [-0.15, -0.1) is 11.3 Å². The zero-order valence-corrected chi connectivity index (χ0v) is 18.2. The molecule has 1 heterocycles. The highest BCUT2D eigenvalue weighted by molar-refractivity contribution is 8.00. The molecule has 0 amide bonds. The summed E-state index contributed by atoms with van der Waals surface area (Å²) >= 11 is 3.38. The van der Waals surface area contributed by atoms with E-state index in [2.05, 4.69) is 99.1 Å². The summed E-state index contributed by atoms with van der Waals surface area (Å²) in [4.78, 5) is 5.98. The van der Waals surface area contributed by atoms with E-state index in [1.165, 1.54) is 20.7 Å². The summed E-state index contributed by atoms with van der Waals surface area (Å²) in [7, 11) is 0. The highest BCUT2D eigenvalue weighted by Gasteiger charge is 2.13. The highest BCUT2D eigenvalue weighted by Crippen LogP contribution is 2.32. The van der Waals surface area contributed by atoms with Gasteiger partial charge in [0.25, 0.3) is 0 Å². The van der Waals surface area contributed by atoms with Gasteiger partial charge in [0.1, 0.15) is 5.01 Å². The van der Waals surface area contributed by atoms with Crippen LogP contribution in [-0.2, 0) is 5.41 Å².